The zero-order chi connectivity index (χ0) is 13.6. The zero-order valence-corrected chi connectivity index (χ0v) is 11.8. The Morgan fingerprint density at radius 2 is 1.89 bits per heavy atom. The number of rotatable bonds is 7. The lowest BCUT2D eigenvalue weighted by atomic mass is 9.91. The molecule has 0 saturated heterocycles. The van der Waals surface area contributed by atoms with E-state index < -0.39 is 22.5 Å². The van der Waals surface area contributed by atoms with Crippen LogP contribution in [0, 0.1) is 5.92 Å². The van der Waals surface area contributed by atoms with Crippen molar-refractivity contribution in [1.82, 2.24) is 4.31 Å². The minimum atomic E-state index is -3.43. The first-order chi connectivity index (χ1) is 8.45. The summed E-state index contributed by atoms with van der Waals surface area (Å²) in [6.07, 6.45) is 5.90. The van der Waals surface area contributed by atoms with Crippen LogP contribution in [-0.2, 0) is 14.8 Å². The number of carboxylic acids is 1. The Balaban J connectivity index is 2.64. The second kappa shape index (κ2) is 7.09. The molecule has 18 heavy (non-hydrogen) atoms. The Kier molecular flexibility index (Phi) is 6.08. The van der Waals surface area contributed by atoms with E-state index in [-0.39, 0.29) is 11.7 Å². The number of aliphatic carboxylic acids is 1. The van der Waals surface area contributed by atoms with Gasteiger partial charge in [-0.15, -0.1) is 0 Å². The predicted octanol–water partition coefficient (Wildman–Crippen LogP) is 1.69. The maximum atomic E-state index is 12.2. The molecule has 0 aromatic heterocycles. The van der Waals surface area contributed by atoms with Crippen LogP contribution in [0.15, 0.2) is 0 Å². The van der Waals surface area contributed by atoms with Crippen molar-refractivity contribution in [3.63, 3.8) is 0 Å². The highest BCUT2D eigenvalue weighted by Crippen LogP contribution is 2.25. The summed E-state index contributed by atoms with van der Waals surface area (Å²) < 4.78 is 25.5. The maximum Gasteiger partial charge on any atom is 0.318 e. The molecule has 0 aliphatic heterocycles. The smallest absolute Gasteiger partial charge is 0.318 e. The fourth-order valence-electron chi connectivity index (χ4n) is 2.47. The topological polar surface area (TPSA) is 74.7 Å². The monoisotopic (exact) mass is 277 g/mol. The van der Waals surface area contributed by atoms with Crippen LogP contribution in [0.3, 0.4) is 0 Å². The summed E-state index contributed by atoms with van der Waals surface area (Å²) in [5.41, 5.74) is 0. The van der Waals surface area contributed by atoms with E-state index >= 15 is 0 Å². The fourth-order valence-corrected chi connectivity index (χ4v) is 4.38. The second-order valence-electron chi connectivity index (χ2n) is 5.01. The Morgan fingerprint density at radius 3 is 2.39 bits per heavy atom. The highest BCUT2D eigenvalue weighted by Gasteiger charge is 2.28. The number of hydrogen-bond acceptors (Lipinski definition) is 3. The SMILES string of the molecule is CCCN(CC(=O)O)S(=O)(=O)CC1CCCCC1. The molecule has 6 heteroatoms. The van der Waals surface area contributed by atoms with Crippen molar-refractivity contribution in [2.24, 2.45) is 5.92 Å². The van der Waals surface area contributed by atoms with Crippen molar-refractivity contribution < 1.29 is 18.3 Å². The number of hydrogen-bond donors (Lipinski definition) is 1. The molecule has 5 nitrogen and oxygen atoms in total. The van der Waals surface area contributed by atoms with Crippen LogP contribution in [-0.4, -0.2) is 42.6 Å². The van der Waals surface area contributed by atoms with Crippen LogP contribution in [0.5, 0.6) is 0 Å². The highest BCUT2D eigenvalue weighted by molar-refractivity contribution is 7.89. The number of carbonyl (C=O) groups is 1. The minimum absolute atomic E-state index is 0.111. The Bertz CT molecular complexity index is 360. The van der Waals surface area contributed by atoms with Crippen molar-refractivity contribution in [3.05, 3.63) is 0 Å². The molecule has 1 rings (SSSR count). The average Bonchev–Trinajstić information content (AvgIpc) is 2.28. The van der Waals surface area contributed by atoms with Gasteiger partial charge in [0, 0.05) is 6.54 Å². The van der Waals surface area contributed by atoms with E-state index in [0.717, 1.165) is 30.0 Å². The van der Waals surface area contributed by atoms with Gasteiger partial charge in [-0.2, -0.15) is 4.31 Å². The van der Waals surface area contributed by atoms with Gasteiger partial charge < -0.3 is 5.11 Å². The third-order valence-electron chi connectivity index (χ3n) is 3.35. The van der Waals surface area contributed by atoms with Crippen LogP contribution in [0.25, 0.3) is 0 Å². The minimum Gasteiger partial charge on any atom is -0.480 e. The van der Waals surface area contributed by atoms with Crippen molar-refractivity contribution in [1.29, 1.82) is 0 Å². The molecule has 1 N–H and O–H groups in total. The molecule has 0 amide bonds. The van der Waals surface area contributed by atoms with Gasteiger partial charge in [-0.1, -0.05) is 26.2 Å². The van der Waals surface area contributed by atoms with Crippen molar-refractivity contribution in [2.75, 3.05) is 18.8 Å². The lowest BCUT2D eigenvalue weighted by molar-refractivity contribution is -0.137. The molecule has 0 radical (unpaired) electrons. The Labute approximate surface area is 109 Å². The van der Waals surface area contributed by atoms with E-state index in [1.807, 2.05) is 6.92 Å². The van der Waals surface area contributed by atoms with Crippen LogP contribution in [0.1, 0.15) is 45.4 Å². The average molecular weight is 277 g/mol. The van der Waals surface area contributed by atoms with Crippen molar-refractivity contribution >= 4 is 16.0 Å². The van der Waals surface area contributed by atoms with Gasteiger partial charge in [0.1, 0.15) is 6.54 Å². The number of nitrogens with zero attached hydrogens (tertiary/aromatic N) is 1. The Morgan fingerprint density at radius 1 is 1.28 bits per heavy atom. The number of carboxylic acid groups (broad SMARTS) is 1. The van der Waals surface area contributed by atoms with E-state index in [0.29, 0.717) is 13.0 Å². The molecule has 0 unspecified atom stereocenters. The largest absolute Gasteiger partial charge is 0.480 e. The Hall–Kier alpha value is -0.620. The summed E-state index contributed by atoms with van der Waals surface area (Å²) in [6.45, 7) is 1.73. The molecular formula is C12H23NO4S. The van der Waals surface area contributed by atoms with Gasteiger partial charge >= 0.3 is 5.97 Å². The van der Waals surface area contributed by atoms with Gasteiger partial charge in [0.25, 0.3) is 0 Å². The molecular weight excluding hydrogens is 254 g/mol. The van der Waals surface area contributed by atoms with E-state index in [4.69, 9.17) is 5.11 Å². The summed E-state index contributed by atoms with van der Waals surface area (Å²) in [5, 5.41) is 8.77. The first-order valence-corrected chi connectivity index (χ1v) is 8.26. The summed E-state index contributed by atoms with van der Waals surface area (Å²) >= 11 is 0. The molecule has 0 aromatic rings. The third-order valence-corrected chi connectivity index (χ3v) is 5.34. The van der Waals surface area contributed by atoms with Crippen LogP contribution >= 0.6 is 0 Å². The van der Waals surface area contributed by atoms with E-state index in [1.165, 1.54) is 6.42 Å². The van der Waals surface area contributed by atoms with Gasteiger partial charge in [-0.05, 0) is 25.2 Å². The molecule has 0 bridgehead atoms. The molecule has 106 valence electrons. The second-order valence-corrected chi connectivity index (χ2v) is 7.02. The quantitative estimate of drug-likeness (QED) is 0.768. The first-order valence-electron chi connectivity index (χ1n) is 6.65. The molecule has 1 saturated carbocycles. The zero-order valence-electron chi connectivity index (χ0n) is 11.0. The molecule has 0 atom stereocenters. The maximum absolute atomic E-state index is 12.2. The molecule has 1 aliphatic rings. The predicted molar refractivity (Wildman–Crippen MR) is 69.9 cm³/mol. The molecule has 0 aromatic carbocycles. The highest BCUT2D eigenvalue weighted by atomic mass is 32.2. The van der Waals surface area contributed by atoms with Crippen LogP contribution in [0.2, 0.25) is 0 Å². The number of sulfonamides is 1. The molecule has 1 fully saturated rings. The molecule has 1 aliphatic carbocycles. The summed E-state index contributed by atoms with van der Waals surface area (Å²) in [4.78, 5) is 10.7. The van der Waals surface area contributed by atoms with Gasteiger partial charge in [0.05, 0.1) is 5.75 Å². The van der Waals surface area contributed by atoms with E-state index in [1.54, 1.807) is 0 Å². The van der Waals surface area contributed by atoms with E-state index in [2.05, 4.69) is 0 Å². The van der Waals surface area contributed by atoms with Crippen molar-refractivity contribution in [2.45, 2.75) is 45.4 Å². The van der Waals surface area contributed by atoms with Gasteiger partial charge in [0.2, 0.25) is 10.0 Å². The van der Waals surface area contributed by atoms with Gasteiger partial charge in [0.15, 0.2) is 0 Å². The van der Waals surface area contributed by atoms with Gasteiger partial charge in [-0.25, -0.2) is 8.42 Å². The molecule has 0 spiro atoms. The lowest BCUT2D eigenvalue weighted by Gasteiger charge is -2.25. The lowest BCUT2D eigenvalue weighted by Crippen LogP contribution is -2.39. The summed E-state index contributed by atoms with van der Waals surface area (Å²) in [5.74, 6) is -0.770. The summed E-state index contributed by atoms with van der Waals surface area (Å²) in [6, 6.07) is 0. The van der Waals surface area contributed by atoms with Gasteiger partial charge in [-0.3, -0.25) is 4.79 Å². The van der Waals surface area contributed by atoms with Crippen LogP contribution < -0.4 is 0 Å². The standard InChI is InChI=1S/C12H23NO4S/c1-2-8-13(9-12(14)15)18(16,17)10-11-6-4-3-5-7-11/h11H,2-10H2,1H3,(H,14,15). The molecule has 0 heterocycles. The van der Waals surface area contributed by atoms with Crippen molar-refractivity contribution in [3.8, 4) is 0 Å². The van der Waals surface area contributed by atoms with Crippen LogP contribution in [0.4, 0.5) is 0 Å². The third kappa shape index (κ3) is 4.94. The fraction of sp³-hybridized carbons (Fsp3) is 0.917. The normalized spacial score (nSPS) is 18.1. The first kappa shape index (κ1) is 15.4. The summed E-state index contributed by atoms with van der Waals surface area (Å²) in [7, 11) is -3.43. The van der Waals surface area contributed by atoms with E-state index in [9.17, 15) is 13.2 Å².